The van der Waals surface area contributed by atoms with Crippen LogP contribution in [-0.2, 0) is 4.79 Å². The van der Waals surface area contributed by atoms with Crippen molar-refractivity contribution in [2.45, 2.75) is 39.2 Å². The van der Waals surface area contributed by atoms with Crippen LogP contribution in [0.1, 0.15) is 31.7 Å². The summed E-state index contributed by atoms with van der Waals surface area (Å²) in [5.74, 6) is 0.154. The van der Waals surface area contributed by atoms with Crippen LogP contribution < -0.4 is 5.32 Å². The number of aromatic nitrogens is 4. The van der Waals surface area contributed by atoms with Crippen LogP contribution in [0.5, 0.6) is 0 Å². The van der Waals surface area contributed by atoms with Crippen LogP contribution in [0.3, 0.4) is 0 Å². The molecule has 1 unspecified atom stereocenters. The molecule has 1 aliphatic heterocycles. The van der Waals surface area contributed by atoms with Crippen molar-refractivity contribution < 1.29 is 4.79 Å². The van der Waals surface area contributed by atoms with Crippen LogP contribution >= 0.6 is 0 Å². The maximum atomic E-state index is 12.4. The molecule has 1 saturated heterocycles. The Morgan fingerprint density at radius 2 is 2.26 bits per heavy atom. The topological polar surface area (TPSA) is 75.9 Å². The third-order valence-corrected chi connectivity index (χ3v) is 4.37. The van der Waals surface area contributed by atoms with Crippen molar-refractivity contribution in [3.05, 3.63) is 30.1 Å². The van der Waals surface area contributed by atoms with E-state index in [0.29, 0.717) is 12.6 Å². The highest BCUT2D eigenvalue weighted by molar-refractivity contribution is 5.81. The molecule has 1 fully saturated rings. The summed E-state index contributed by atoms with van der Waals surface area (Å²) in [4.78, 5) is 14.4. The monoisotopic (exact) mass is 314 g/mol. The van der Waals surface area contributed by atoms with E-state index in [-0.39, 0.29) is 5.91 Å². The minimum absolute atomic E-state index is 0.154. The lowest BCUT2D eigenvalue weighted by Gasteiger charge is -2.33. The smallest absolute Gasteiger partial charge is 0.242 e. The number of hydrogen-bond acceptors (Lipinski definition) is 5. The molecule has 1 atom stereocenters. The molecule has 7 heteroatoms. The first-order valence-electron chi connectivity index (χ1n) is 8.02. The zero-order valence-corrected chi connectivity index (χ0v) is 13.6. The van der Waals surface area contributed by atoms with Crippen molar-refractivity contribution in [3.63, 3.8) is 0 Å². The van der Waals surface area contributed by atoms with Crippen molar-refractivity contribution in [1.82, 2.24) is 25.1 Å². The highest BCUT2D eigenvalue weighted by atomic mass is 16.2. The standard InChI is InChI=1S/C16H22N6O/c1-12-6-7-14(9-15(12)22-11-18-19-20-22)17-10-16(23)21-8-4-3-5-13(21)2/h6-7,9,11,13,17H,3-5,8,10H2,1-2H3. The number of carbonyl (C=O) groups excluding carboxylic acids is 1. The van der Waals surface area contributed by atoms with Gasteiger partial charge in [-0.15, -0.1) is 5.10 Å². The summed E-state index contributed by atoms with van der Waals surface area (Å²) < 4.78 is 1.62. The number of nitrogens with zero attached hydrogens (tertiary/aromatic N) is 5. The first-order chi connectivity index (χ1) is 11.1. The summed E-state index contributed by atoms with van der Waals surface area (Å²) in [7, 11) is 0. The van der Waals surface area contributed by atoms with Gasteiger partial charge in [-0.3, -0.25) is 4.79 Å². The number of carbonyl (C=O) groups is 1. The van der Waals surface area contributed by atoms with E-state index in [0.717, 1.165) is 36.3 Å². The number of aryl methyl sites for hydroxylation is 1. The average Bonchev–Trinajstić information content (AvgIpc) is 3.08. The molecular weight excluding hydrogens is 292 g/mol. The second-order valence-electron chi connectivity index (χ2n) is 6.04. The predicted molar refractivity (Wildman–Crippen MR) is 87.4 cm³/mol. The number of tetrazole rings is 1. The molecule has 0 radical (unpaired) electrons. The molecule has 0 saturated carbocycles. The van der Waals surface area contributed by atoms with Crippen LogP contribution in [0, 0.1) is 6.92 Å². The van der Waals surface area contributed by atoms with Gasteiger partial charge in [0.25, 0.3) is 0 Å². The Hall–Kier alpha value is -2.44. The number of hydrogen-bond donors (Lipinski definition) is 1. The molecule has 1 aliphatic rings. The summed E-state index contributed by atoms with van der Waals surface area (Å²) in [5, 5.41) is 14.5. The Balaban J connectivity index is 1.66. The Morgan fingerprint density at radius 3 is 3.00 bits per heavy atom. The van der Waals surface area contributed by atoms with E-state index in [2.05, 4.69) is 27.8 Å². The van der Waals surface area contributed by atoms with Gasteiger partial charge in [0.2, 0.25) is 5.91 Å². The Morgan fingerprint density at radius 1 is 1.39 bits per heavy atom. The fourth-order valence-corrected chi connectivity index (χ4v) is 2.99. The van der Waals surface area contributed by atoms with E-state index in [1.54, 1.807) is 11.0 Å². The first-order valence-corrected chi connectivity index (χ1v) is 8.02. The molecule has 0 bridgehead atoms. The van der Waals surface area contributed by atoms with Crippen molar-refractivity contribution in [1.29, 1.82) is 0 Å². The number of piperidine rings is 1. The maximum Gasteiger partial charge on any atom is 0.242 e. The lowest BCUT2D eigenvalue weighted by Crippen LogP contribution is -2.44. The fraction of sp³-hybridized carbons (Fsp3) is 0.500. The number of anilines is 1. The second-order valence-corrected chi connectivity index (χ2v) is 6.04. The van der Waals surface area contributed by atoms with Gasteiger partial charge in [-0.2, -0.15) is 0 Å². The van der Waals surface area contributed by atoms with Gasteiger partial charge < -0.3 is 10.2 Å². The SMILES string of the molecule is Cc1ccc(NCC(=O)N2CCCCC2C)cc1-n1cnnn1. The van der Waals surface area contributed by atoms with Gasteiger partial charge >= 0.3 is 0 Å². The van der Waals surface area contributed by atoms with Crippen LogP contribution in [0.2, 0.25) is 0 Å². The lowest BCUT2D eigenvalue weighted by atomic mass is 10.0. The first kappa shape index (κ1) is 15.5. The normalized spacial score (nSPS) is 18.0. The maximum absolute atomic E-state index is 12.4. The van der Waals surface area contributed by atoms with Gasteiger partial charge in [-0.05, 0) is 61.2 Å². The highest BCUT2D eigenvalue weighted by Crippen LogP contribution is 2.19. The van der Waals surface area contributed by atoms with Gasteiger partial charge in [0.05, 0.1) is 12.2 Å². The van der Waals surface area contributed by atoms with Gasteiger partial charge in [0, 0.05) is 18.3 Å². The second kappa shape index (κ2) is 6.76. The molecular formula is C16H22N6O. The van der Waals surface area contributed by atoms with Gasteiger partial charge in [-0.1, -0.05) is 6.07 Å². The number of likely N-dealkylation sites (tertiary alicyclic amines) is 1. The molecule has 0 aliphatic carbocycles. The van der Waals surface area contributed by atoms with Gasteiger partial charge in [-0.25, -0.2) is 4.68 Å². The molecule has 1 amide bonds. The van der Waals surface area contributed by atoms with Crippen molar-refractivity contribution in [2.75, 3.05) is 18.4 Å². The molecule has 3 rings (SSSR count). The summed E-state index contributed by atoms with van der Waals surface area (Å²) in [6, 6.07) is 6.26. The van der Waals surface area contributed by atoms with Crippen molar-refractivity contribution >= 4 is 11.6 Å². The molecule has 2 heterocycles. The summed E-state index contributed by atoms with van der Waals surface area (Å²) in [5.41, 5.74) is 2.86. The lowest BCUT2D eigenvalue weighted by molar-refractivity contribution is -0.132. The van der Waals surface area contributed by atoms with Crippen molar-refractivity contribution in [2.24, 2.45) is 0 Å². The molecule has 23 heavy (non-hydrogen) atoms. The van der Waals surface area contributed by atoms with Gasteiger partial charge in [0.1, 0.15) is 6.33 Å². The summed E-state index contributed by atoms with van der Waals surface area (Å²) in [6.07, 6.45) is 4.97. The zero-order valence-electron chi connectivity index (χ0n) is 13.6. The number of benzene rings is 1. The van der Waals surface area contributed by atoms with Crippen LogP contribution in [-0.4, -0.2) is 50.1 Å². The molecule has 1 N–H and O–H groups in total. The Bertz CT molecular complexity index is 669. The van der Waals surface area contributed by atoms with E-state index in [9.17, 15) is 4.79 Å². The largest absolute Gasteiger partial charge is 0.376 e. The Kier molecular flexibility index (Phi) is 4.55. The molecule has 7 nitrogen and oxygen atoms in total. The number of rotatable bonds is 4. The summed E-state index contributed by atoms with van der Waals surface area (Å²) >= 11 is 0. The van der Waals surface area contributed by atoms with Crippen LogP contribution in [0.25, 0.3) is 5.69 Å². The fourth-order valence-electron chi connectivity index (χ4n) is 2.99. The number of nitrogens with one attached hydrogen (secondary N) is 1. The third-order valence-electron chi connectivity index (χ3n) is 4.37. The molecule has 1 aromatic heterocycles. The average molecular weight is 314 g/mol. The quantitative estimate of drug-likeness (QED) is 0.931. The minimum atomic E-state index is 0.154. The van der Waals surface area contributed by atoms with E-state index in [4.69, 9.17) is 0 Å². The number of amides is 1. The van der Waals surface area contributed by atoms with E-state index in [1.165, 1.54) is 6.42 Å². The molecule has 0 spiro atoms. The van der Waals surface area contributed by atoms with Crippen LogP contribution in [0.15, 0.2) is 24.5 Å². The zero-order chi connectivity index (χ0) is 16.2. The highest BCUT2D eigenvalue weighted by Gasteiger charge is 2.22. The van der Waals surface area contributed by atoms with Crippen LogP contribution in [0.4, 0.5) is 5.69 Å². The molecule has 1 aromatic carbocycles. The van der Waals surface area contributed by atoms with E-state index >= 15 is 0 Å². The Labute approximate surface area is 135 Å². The van der Waals surface area contributed by atoms with Gasteiger partial charge in [0.15, 0.2) is 0 Å². The summed E-state index contributed by atoms with van der Waals surface area (Å²) in [6.45, 7) is 5.30. The third kappa shape index (κ3) is 3.49. The predicted octanol–water partition coefficient (Wildman–Crippen LogP) is 1.78. The minimum Gasteiger partial charge on any atom is -0.376 e. The van der Waals surface area contributed by atoms with E-state index in [1.807, 2.05) is 30.0 Å². The van der Waals surface area contributed by atoms with Crippen molar-refractivity contribution in [3.8, 4) is 5.69 Å². The molecule has 122 valence electrons. The molecule has 2 aromatic rings. The van der Waals surface area contributed by atoms with E-state index < -0.39 is 0 Å².